The number of hydrogen-bond donors (Lipinski definition) is 0. The van der Waals surface area contributed by atoms with Crippen molar-refractivity contribution in [2.75, 3.05) is 6.61 Å². The Kier molecular flexibility index (Phi) is 6.73. The van der Waals surface area contributed by atoms with E-state index in [1.807, 2.05) is 6.07 Å². The van der Waals surface area contributed by atoms with E-state index < -0.39 is 0 Å². The van der Waals surface area contributed by atoms with Crippen LogP contribution in [0.1, 0.15) is 49.7 Å². The molecule has 1 aromatic rings. The van der Waals surface area contributed by atoms with E-state index in [0.717, 1.165) is 35.7 Å². The van der Waals surface area contributed by atoms with Crippen LogP contribution in [0.25, 0.3) is 0 Å². The SMILES string of the molecule is CC(C)=CCCC(C)CCOc1ccc(C=O)s1. The lowest BCUT2D eigenvalue weighted by molar-refractivity contribution is 0.112. The third-order valence-corrected chi connectivity index (χ3v) is 3.71. The van der Waals surface area contributed by atoms with Gasteiger partial charge in [0.05, 0.1) is 11.5 Å². The van der Waals surface area contributed by atoms with E-state index >= 15 is 0 Å². The van der Waals surface area contributed by atoms with Crippen LogP contribution in [0.3, 0.4) is 0 Å². The summed E-state index contributed by atoms with van der Waals surface area (Å²) in [4.78, 5) is 11.2. The van der Waals surface area contributed by atoms with Crippen LogP contribution in [0.5, 0.6) is 5.06 Å². The molecule has 0 spiro atoms. The van der Waals surface area contributed by atoms with Gasteiger partial charge in [0, 0.05) is 0 Å². The molecule has 100 valence electrons. The van der Waals surface area contributed by atoms with E-state index in [2.05, 4.69) is 26.8 Å². The summed E-state index contributed by atoms with van der Waals surface area (Å²) < 4.78 is 5.63. The summed E-state index contributed by atoms with van der Waals surface area (Å²) in [5, 5.41) is 0.841. The highest BCUT2D eigenvalue weighted by Crippen LogP contribution is 2.23. The van der Waals surface area contributed by atoms with Gasteiger partial charge in [-0.2, -0.15) is 0 Å². The van der Waals surface area contributed by atoms with Gasteiger partial charge in [-0.15, -0.1) is 0 Å². The van der Waals surface area contributed by atoms with Crippen molar-refractivity contribution in [3.63, 3.8) is 0 Å². The van der Waals surface area contributed by atoms with Gasteiger partial charge in [-0.25, -0.2) is 0 Å². The van der Waals surface area contributed by atoms with Gasteiger partial charge >= 0.3 is 0 Å². The number of aldehydes is 1. The van der Waals surface area contributed by atoms with Gasteiger partial charge in [0.2, 0.25) is 0 Å². The molecular weight excluding hydrogens is 244 g/mol. The molecule has 1 heterocycles. The van der Waals surface area contributed by atoms with Gasteiger partial charge < -0.3 is 4.74 Å². The molecular formula is C15H22O2S. The van der Waals surface area contributed by atoms with Crippen LogP contribution in [-0.2, 0) is 0 Å². The molecule has 0 N–H and O–H groups in total. The highest BCUT2D eigenvalue weighted by atomic mass is 32.1. The first kappa shape index (κ1) is 15.0. The maximum absolute atomic E-state index is 10.5. The molecule has 0 aromatic carbocycles. The number of rotatable bonds is 8. The second kappa shape index (κ2) is 8.09. The summed E-state index contributed by atoms with van der Waals surface area (Å²) in [6.45, 7) is 7.26. The number of carbonyl (C=O) groups is 1. The zero-order chi connectivity index (χ0) is 13.4. The van der Waals surface area contributed by atoms with E-state index in [0.29, 0.717) is 5.92 Å². The smallest absolute Gasteiger partial charge is 0.174 e. The molecule has 2 nitrogen and oxygen atoms in total. The normalized spacial score (nSPS) is 11.9. The fourth-order valence-corrected chi connectivity index (χ4v) is 2.33. The van der Waals surface area contributed by atoms with Crippen molar-refractivity contribution in [1.29, 1.82) is 0 Å². The first-order valence-corrected chi connectivity index (χ1v) is 7.24. The van der Waals surface area contributed by atoms with E-state index in [1.165, 1.54) is 23.3 Å². The highest BCUT2D eigenvalue weighted by Gasteiger charge is 2.03. The van der Waals surface area contributed by atoms with Crippen LogP contribution in [0.15, 0.2) is 23.8 Å². The van der Waals surface area contributed by atoms with Crippen molar-refractivity contribution < 1.29 is 9.53 Å². The van der Waals surface area contributed by atoms with E-state index in [-0.39, 0.29) is 0 Å². The van der Waals surface area contributed by atoms with Crippen LogP contribution in [0.4, 0.5) is 0 Å². The Bertz CT molecular complexity index is 389. The molecule has 0 aliphatic carbocycles. The van der Waals surface area contributed by atoms with Crippen LogP contribution in [0, 0.1) is 5.92 Å². The third-order valence-electron chi connectivity index (χ3n) is 2.79. The predicted octanol–water partition coefficient (Wildman–Crippen LogP) is 4.71. The summed E-state index contributed by atoms with van der Waals surface area (Å²) in [6.07, 6.45) is 6.56. The topological polar surface area (TPSA) is 26.3 Å². The Labute approximate surface area is 114 Å². The molecule has 0 saturated heterocycles. The Morgan fingerprint density at radius 2 is 2.17 bits per heavy atom. The second-order valence-corrected chi connectivity index (χ2v) is 5.95. The Morgan fingerprint density at radius 1 is 1.39 bits per heavy atom. The zero-order valence-electron chi connectivity index (χ0n) is 11.4. The molecule has 18 heavy (non-hydrogen) atoms. The number of allylic oxidation sites excluding steroid dienone is 2. The van der Waals surface area contributed by atoms with Gasteiger partial charge in [0.1, 0.15) is 0 Å². The average Bonchev–Trinajstić information content (AvgIpc) is 2.76. The molecule has 3 heteroatoms. The molecule has 0 radical (unpaired) electrons. The van der Waals surface area contributed by atoms with Crippen molar-refractivity contribution in [2.24, 2.45) is 5.92 Å². The number of hydrogen-bond acceptors (Lipinski definition) is 3. The first-order valence-electron chi connectivity index (χ1n) is 6.43. The van der Waals surface area contributed by atoms with Crippen LogP contribution in [0.2, 0.25) is 0 Å². The molecule has 0 fully saturated rings. The number of thiophene rings is 1. The average molecular weight is 266 g/mol. The second-order valence-electron chi connectivity index (χ2n) is 4.88. The summed E-state index contributed by atoms with van der Waals surface area (Å²) in [6, 6.07) is 3.66. The summed E-state index contributed by atoms with van der Waals surface area (Å²) in [7, 11) is 0. The minimum absolute atomic E-state index is 0.672. The summed E-state index contributed by atoms with van der Waals surface area (Å²) in [5.41, 5.74) is 1.39. The minimum atomic E-state index is 0.672. The van der Waals surface area contributed by atoms with E-state index in [4.69, 9.17) is 4.74 Å². The highest BCUT2D eigenvalue weighted by molar-refractivity contribution is 7.15. The molecule has 0 amide bonds. The van der Waals surface area contributed by atoms with Crippen LogP contribution in [-0.4, -0.2) is 12.9 Å². The summed E-state index contributed by atoms with van der Waals surface area (Å²) in [5.74, 6) is 0.672. The van der Waals surface area contributed by atoms with Gasteiger partial charge in [0.15, 0.2) is 11.3 Å². The van der Waals surface area contributed by atoms with Crippen LogP contribution < -0.4 is 4.74 Å². The number of ether oxygens (including phenoxy) is 1. The molecule has 0 aliphatic heterocycles. The molecule has 1 aromatic heterocycles. The van der Waals surface area contributed by atoms with Gasteiger partial charge in [-0.1, -0.05) is 29.9 Å². The van der Waals surface area contributed by atoms with Crippen molar-refractivity contribution in [1.82, 2.24) is 0 Å². The van der Waals surface area contributed by atoms with Gasteiger partial charge in [0.25, 0.3) is 0 Å². The Balaban J connectivity index is 2.16. The third kappa shape index (κ3) is 6.01. The standard InChI is InChI=1S/C15H22O2S/c1-12(2)5-4-6-13(3)9-10-17-15-8-7-14(11-16)18-15/h5,7-8,11,13H,4,6,9-10H2,1-3H3. The largest absolute Gasteiger partial charge is 0.484 e. The maximum Gasteiger partial charge on any atom is 0.174 e. The monoisotopic (exact) mass is 266 g/mol. The predicted molar refractivity (Wildman–Crippen MR) is 77.6 cm³/mol. The van der Waals surface area contributed by atoms with Crippen molar-refractivity contribution >= 4 is 17.6 Å². The summed E-state index contributed by atoms with van der Waals surface area (Å²) >= 11 is 1.41. The Morgan fingerprint density at radius 3 is 2.78 bits per heavy atom. The quantitative estimate of drug-likeness (QED) is 0.503. The molecule has 1 atom stereocenters. The van der Waals surface area contributed by atoms with Crippen molar-refractivity contribution in [2.45, 2.75) is 40.0 Å². The Hall–Kier alpha value is -1.09. The lowest BCUT2D eigenvalue weighted by atomic mass is 10.0. The molecule has 1 rings (SSSR count). The first-order chi connectivity index (χ1) is 8.61. The minimum Gasteiger partial charge on any atom is -0.484 e. The fourth-order valence-electron chi connectivity index (χ4n) is 1.64. The van der Waals surface area contributed by atoms with E-state index in [9.17, 15) is 4.79 Å². The van der Waals surface area contributed by atoms with Gasteiger partial charge in [-0.05, 0) is 51.2 Å². The lowest BCUT2D eigenvalue weighted by Gasteiger charge is -2.10. The van der Waals surface area contributed by atoms with Crippen molar-refractivity contribution in [3.05, 3.63) is 28.7 Å². The van der Waals surface area contributed by atoms with E-state index in [1.54, 1.807) is 6.07 Å². The zero-order valence-corrected chi connectivity index (χ0v) is 12.3. The lowest BCUT2D eigenvalue weighted by Crippen LogP contribution is -2.03. The maximum atomic E-state index is 10.5. The molecule has 1 unspecified atom stereocenters. The molecule has 0 bridgehead atoms. The van der Waals surface area contributed by atoms with Gasteiger partial charge in [-0.3, -0.25) is 4.79 Å². The van der Waals surface area contributed by atoms with Crippen molar-refractivity contribution in [3.8, 4) is 5.06 Å². The van der Waals surface area contributed by atoms with Crippen LogP contribution >= 0.6 is 11.3 Å². The number of carbonyl (C=O) groups excluding carboxylic acids is 1. The molecule has 0 aliphatic rings. The fraction of sp³-hybridized carbons (Fsp3) is 0.533. The molecule has 0 saturated carbocycles.